The Kier molecular flexibility index (Phi) is 1.71. The van der Waals surface area contributed by atoms with Crippen LogP contribution in [0.2, 0.25) is 0 Å². The minimum atomic E-state index is 0.157. The Hall–Kier alpha value is -1.76. The zero-order valence-corrected chi connectivity index (χ0v) is 9.74. The molecule has 0 fully saturated rings. The van der Waals surface area contributed by atoms with Gasteiger partial charge in [-0.15, -0.1) is 0 Å². The molecule has 1 aliphatic heterocycles. The van der Waals surface area contributed by atoms with Crippen molar-refractivity contribution >= 4 is 0 Å². The largest absolute Gasteiger partial charge is 0.385 e. The summed E-state index contributed by atoms with van der Waals surface area (Å²) in [5.41, 5.74) is 5.94. The fourth-order valence-corrected chi connectivity index (χ4v) is 3.47. The smallest absolute Gasteiger partial charge is 0.0424 e. The lowest BCUT2D eigenvalue weighted by Gasteiger charge is -2.45. The van der Waals surface area contributed by atoms with E-state index in [1.54, 1.807) is 0 Å². The quantitative estimate of drug-likeness (QED) is 0.662. The van der Waals surface area contributed by atoms with Gasteiger partial charge in [0.2, 0.25) is 0 Å². The van der Waals surface area contributed by atoms with Gasteiger partial charge in [0.05, 0.1) is 0 Å². The molecule has 0 aromatic heterocycles. The summed E-state index contributed by atoms with van der Waals surface area (Å²) in [5.74, 6) is 0. The van der Waals surface area contributed by atoms with Crippen LogP contribution in [0.1, 0.15) is 12.8 Å². The molecular weight excluding hydrogens is 206 g/mol. The Labute approximate surface area is 102 Å². The maximum atomic E-state index is 3.54. The molecule has 0 amide bonds. The van der Waals surface area contributed by atoms with Gasteiger partial charge in [0.15, 0.2) is 0 Å². The summed E-state index contributed by atoms with van der Waals surface area (Å²) in [5, 5.41) is 3.54. The molecule has 1 atom stereocenters. The molecule has 0 saturated carbocycles. The van der Waals surface area contributed by atoms with Gasteiger partial charge in [-0.25, -0.2) is 0 Å². The summed E-state index contributed by atoms with van der Waals surface area (Å²) in [7, 11) is 0. The Bertz CT molecular complexity index is 566. The molecule has 0 saturated heterocycles. The van der Waals surface area contributed by atoms with Gasteiger partial charge >= 0.3 is 0 Å². The molecule has 3 aliphatic carbocycles. The Morgan fingerprint density at radius 2 is 2.18 bits per heavy atom. The standard InChI is InChI=1S/C16H15N/c1-2-6-13-12(5-1)11-15-14-7-3-4-8-16(13,14)9-10-17-15/h1-4,6-8,11,17H,5,9-10H2. The lowest BCUT2D eigenvalue weighted by molar-refractivity contribution is 0.452. The van der Waals surface area contributed by atoms with Gasteiger partial charge in [0.25, 0.3) is 0 Å². The van der Waals surface area contributed by atoms with Crippen molar-refractivity contribution in [3.05, 3.63) is 71.0 Å². The van der Waals surface area contributed by atoms with Crippen LogP contribution in [-0.4, -0.2) is 6.54 Å². The molecule has 4 aliphatic rings. The Morgan fingerprint density at radius 3 is 3.18 bits per heavy atom. The van der Waals surface area contributed by atoms with Crippen molar-refractivity contribution in [2.75, 3.05) is 6.54 Å². The van der Waals surface area contributed by atoms with E-state index < -0.39 is 0 Å². The lowest BCUT2D eigenvalue weighted by atomic mass is 9.61. The van der Waals surface area contributed by atoms with Crippen LogP contribution in [0.3, 0.4) is 0 Å². The first-order valence-electron chi connectivity index (χ1n) is 6.33. The molecule has 1 heteroatoms. The Morgan fingerprint density at radius 1 is 1.18 bits per heavy atom. The van der Waals surface area contributed by atoms with E-state index in [1.807, 2.05) is 0 Å². The molecule has 1 heterocycles. The molecule has 0 aromatic rings. The van der Waals surface area contributed by atoms with Gasteiger partial charge in [0, 0.05) is 17.7 Å². The summed E-state index contributed by atoms with van der Waals surface area (Å²) < 4.78 is 0. The minimum absolute atomic E-state index is 0.157. The SMILES string of the molecule is C1=CCC2=CC3=C4C=CC=CC4(CCN3)C2=C1. The summed E-state index contributed by atoms with van der Waals surface area (Å²) in [6.07, 6.45) is 20.4. The number of allylic oxidation sites excluding steroid dienone is 11. The van der Waals surface area contributed by atoms with Gasteiger partial charge in [0.1, 0.15) is 0 Å². The monoisotopic (exact) mass is 221 g/mol. The van der Waals surface area contributed by atoms with Crippen LogP contribution in [0.25, 0.3) is 0 Å². The third-order valence-electron chi connectivity index (χ3n) is 4.24. The Balaban J connectivity index is 2.03. The van der Waals surface area contributed by atoms with E-state index in [9.17, 15) is 0 Å². The minimum Gasteiger partial charge on any atom is -0.385 e. The van der Waals surface area contributed by atoms with Gasteiger partial charge in [-0.1, -0.05) is 42.5 Å². The molecule has 0 spiro atoms. The highest BCUT2D eigenvalue weighted by molar-refractivity contribution is 5.63. The highest BCUT2D eigenvalue weighted by Crippen LogP contribution is 2.52. The van der Waals surface area contributed by atoms with Gasteiger partial charge in [-0.2, -0.15) is 0 Å². The van der Waals surface area contributed by atoms with E-state index in [2.05, 4.69) is 53.9 Å². The second-order valence-corrected chi connectivity index (χ2v) is 5.08. The average Bonchev–Trinajstić information content (AvgIpc) is 2.39. The van der Waals surface area contributed by atoms with E-state index in [4.69, 9.17) is 0 Å². The van der Waals surface area contributed by atoms with Crippen molar-refractivity contribution in [3.63, 3.8) is 0 Å². The molecule has 1 N–H and O–H groups in total. The van der Waals surface area contributed by atoms with Crippen molar-refractivity contribution in [2.45, 2.75) is 12.8 Å². The van der Waals surface area contributed by atoms with Crippen molar-refractivity contribution in [3.8, 4) is 0 Å². The number of fused-ring (bicyclic) bond motifs is 1. The maximum absolute atomic E-state index is 3.54. The molecule has 0 radical (unpaired) electrons. The van der Waals surface area contributed by atoms with Crippen molar-refractivity contribution < 1.29 is 0 Å². The lowest BCUT2D eigenvalue weighted by Crippen LogP contribution is -2.39. The topological polar surface area (TPSA) is 12.0 Å². The average molecular weight is 221 g/mol. The summed E-state index contributed by atoms with van der Waals surface area (Å²) in [6, 6.07) is 0. The highest BCUT2D eigenvalue weighted by Gasteiger charge is 2.42. The van der Waals surface area contributed by atoms with Crippen LogP contribution in [0.4, 0.5) is 0 Å². The van der Waals surface area contributed by atoms with E-state index in [0.717, 1.165) is 13.0 Å². The zero-order chi connectivity index (χ0) is 11.3. The second kappa shape index (κ2) is 3.13. The molecule has 1 nitrogen and oxygen atoms in total. The summed E-state index contributed by atoms with van der Waals surface area (Å²) in [4.78, 5) is 0. The maximum Gasteiger partial charge on any atom is 0.0424 e. The van der Waals surface area contributed by atoms with E-state index >= 15 is 0 Å². The number of rotatable bonds is 0. The van der Waals surface area contributed by atoms with Crippen LogP contribution >= 0.6 is 0 Å². The van der Waals surface area contributed by atoms with Gasteiger partial charge < -0.3 is 5.32 Å². The van der Waals surface area contributed by atoms with Crippen molar-refractivity contribution in [1.29, 1.82) is 0 Å². The molecule has 84 valence electrons. The summed E-state index contributed by atoms with van der Waals surface area (Å²) in [6.45, 7) is 1.07. The first-order chi connectivity index (χ1) is 8.40. The highest BCUT2D eigenvalue weighted by atomic mass is 14.9. The third kappa shape index (κ3) is 1.09. The second-order valence-electron chi connectivity index (χ2n) is 5.08. The number of nitrogens with one attached hydrogen (secondary N) is 1. The molecule has 0 aromatic carbocycles. The molecule has 4 rings (SSSR count). The van der Waals surface area contributed by atoms with Crippen LogP contribution in [0.5, 0.6) is 0 Å². The predicted molar refractivity (Wildman–Crippen MR) is 70.3 cm³/mol. The normalized spacial score (nSPS) is 32.5. The first-order valence-corrected chi connectivity index (χ1v) is 6.33. The van der Waals surface area contributed by atoms with E-state index in [1.165, 1.54) is 28.8 Å². The van der Waals surface area contributed by atoms with Crippen LogP contribution in [0.15, 0.2) is 71.0 Å². The number of hydrogen-bond donors (Lipinski definition) is 1. The zero-order valence-electron chi connectivity index (χ0n) is 9.74. The molecule has 17 heavy (non-hydrogen) atoms. The third-order valence-corrected chi connectivity index (χ3v) is 4.24. The molecule has 1 unspecified atom stereocenters. The van der Waals surface area contributed by atoms with E-state index in [0.29, 0.717) is 0 Å². The van der Waals surface area contributed by atoms with Crippen LogP contribution in [0, 0.1) is 5.41 Å². The molecular formula is C16H15N. The van der Waals surface area contributed by atoms with Gasteiger partial charge in [-0.3, -0.25) is 0 Å². The van der Waals surface area contributed by atoms with Gasteiger partial charge in [-0.05, 0) is 35.6 Å². The van der Waals surface area contributed by atoms with Crippen LogP contribution in [-0.2, 0) is 0 Å². The fourth-order valence-electron chi connectivity index (χ4n) is 3.47. The fraction of sp³-hybridized carbons (Fsp3) is 0.250. The van der Waals surface area contributed by atoms with E-state index in [-0.39, 0.29) is 5.41 Å². The van der Waals surface area contributed by atoms with Crippen LogP contribution < -0.4 is 5.32 Å². The van der Waals surface area contributed by atoms with Crippen molar-refractivity contribution in [2.24, 2.45) is 5.41 Å². The molecule has 2 bridgehead atoms. The number of hydrogen-bond acceptors (Lipinski definition) is 1. The first kappa shape index (κ1) is 9.29. The predicted octanol–water partition coefficient (Wildman–Crippen LogP) is 3.17. The van der Waals surface area contributed by atoms with Crippen molar-refractivity contribution in [1.82, 2.24) is 5.32 Å². The summed E-state index contributed by atoms with van der Waals surface area (Å²) >= 11 is 0.